The van der Waals surface area contributed by atoms with Gasteiger partial charge in [-0.25, -0.2) is 5.01 Å². The molecule has 5 nitrogen and oxygen atoms in total. The van der Waals surface area contributed by atoms with E-state index in [0.29, 0.717) is 11.6 Å². The maximum Gasteiger partial charge on any atom is 0.282 e. The van der Waals surface area contributed by atoms with Crippen molar-refractivity contribution in [1.82, 2.24) is 5.43 Å². The summed E-state index contributed by atoms with van der Waals surface area (Å²) < 4.78 is 0.906. The normalized spacial score (nSPS) is 15.5. The molecule has 0 aliphatic carbocycles. The summed E-state index contributed by atoms with van der Waals surface area (Å²) >= 11 is 3.36. The zero-order valence-corrected chi connectivity index (χ0v) is 17.9. The van der Waals surface area contributed by atoms with E-state index in [1.807, 2.05) is 36.4 Å². The number of benzene rings is 2. The third-order valence-corrected chi connectivity index (χ3v) is 5.19. The molecule has 2 amide bonds. The Labute approximate surface area is 174 Å². The van der Waals surface area contributed by atoms with Crippen molar-refractivity contribution in [3.05, 3.63) is 64.1 Å². The van der Waals surface area contributed by atoms with E-state index in [-0.39, 0.29) is 11.5 Å². The van der Waals surface area contributed by atoms with Crippen molar-refractivity contribution in [2.45, 2.75) is 20.3 Å². The Morgan fingerprint density at radius 3 is 2.32 bits per heavy atom. The Hall–Kier alpha value is -2.60. The lowest BCUT2D eigenvalue weighted by Crippen LogP contribution is -2.35. The van der Waals surface area contributed by atoms with Crippen LogP contribution in [-0.4, -0.2) is 25.4 Å². The molecule has 6 heteroatoms. The molecule has 1 N–H and O–H groups in total. The number of hydrogen-bond donors (Lipinski definition) is 1. The first kappa shape index (κ1) is 20.1. The Kier molecular flexibility index (Phi) is 6.19. The molecule has 146 valence electrons. The van der Waals surface area contributed by atoms with Crippen LogP contribution < -0.4 is 15.3 Å². The summed E-state index contributed by atoms with van der Waals surface area (Å²) in [5.74, 6) is -0.0940. The Balaban J connectivity index is 1.74. The van der Waals surface area contributed by atoms with Gasteiger partial charge in [-0.1, -0.05) is 41.9 Å². The first-order chi connectivity index (χ1) is 13.3. The largest absolute Gasteiger partial charge is 0.375 e. The molecule has 0 atom stereocenters. The van der Waals surface area contributed by atoms with Gasteiger partial charge in [0.1, 0.15) is 5.57 Å². The van der Waals surface area contributed by atoms with Crippen molar-refractivity contribution < 1.29 is 9.59 Å². The fraction of sp³-hybridized carbons (Fsp3) is 0.273. The van der Waals surface area contributed by atoms with Gasteiger partial charge in [0, 0.05) is 23.8 Å². The highest BCUT2D eigenvalue weighted by Crippen LogP contribution is 2.24. The summed E-state index contributed by atoms with van der Waals surface area (Å²) in [6.07, 6.45) is 2.76. The molecule has 1 saturated heterocycles. The van der Waals surface area contributed by atoms with Crippen molar-refractivity contribution in [1.29, 1.82) is 0 Å². The molecule has 0 bridgehead atoms. The maximum absolute atomic E-state index is 12.7. The zero-order chi connectivity index (χ0) is 20.3. The van der Waals surface area contributed by atoms with Crippen molar-refractivity contribution >= 4 is 45.2 Å². The van der Waals surface area contributed by atoms with Crippen molar-refractivity contribution in [3.8, 4) is 0 Å². The van der Waals surface area contributed by atoms with E-state index >= 15 is 0 Å². The molecule has 1 aliphatic rings. The Bertz CT molecular complexity index is 889. The van der Waals surface area contributed by atoms with Gasteiger partial charge in [0.25, 0.3) is 11.8 Å². The Morgan fingerprint density at radius 1 is 1.07 bits per heavy atom. The van der Waals surface area contributed by atoms with E-state index in [1.54, 1.807) is 18.2 Å². The molecule has 1 fully saturated rings. The maximum atomic E-state index is 12.7. The molecular weight excluding hydrogens is 418 g/mol. The van der Waals surface area contributed by atoms with Crippen LogP contribution in [0.15, 0.2) is 58.6 Å². The van der Waals surface area contributed by atoms with Crippen LogP contribution in [0.5, 0.6) is 0 Å². The molecular formula is C22H24BrN3O2. The predicted octanol–water partition coefficient (Wildman–Crippen LogP) is 4.39. The van der Waals surface area contributed by atoms with Gasteiger partial charge in [-0.2, -0.15) is 0 Å². The fourth-order valence-corrected chi connectivity index (χ4v) is 3.17. The molecule has 0 saturated carbocycles. The molecule has 0 radical (unpaired) electrons. The lowest BCUT2D eigenvalue weighted by atomic mass is 10.1. The predicted molar refractivity (Wildman–Crippen MR) is 117 cm³/mol. The monoisotopic (exact) mass is 441 g/mol. The molecule has 0 aromatic heterocycles. The minimum atomic E-state index is -0.397. The zero-order valence-electron chi connectivity index (χ0n) is 16.3. The minimum absolute atomic E-state index is 0.129. The summed E-state index contributed by atoms with van der Waals surface area (Å²) in [7, 11) is 2.07. The first-order valence-corrected chi connectivity index (χ1v) is 10.1. The topological polar surface area (TPSA) is 52.7 Å². The summed E-state index contributed by atoms with van der Waals surface area (Å²) in [6.45, 7) is 5.41. The van der Waals surface area contributed by atoms with Gasteiger partial charge in [0.2, 0.25) is 0 Å². The van der Waals surface area contributed by atoms with Crippen molar-refractivity contribution in [2.24, 2.45) is 5.92 Å². The fourth-order valence-electron chi connectivity index (χ4n) is 2.90. The molecule has 1 heterocycles. The van der Waals surface area contributed by atoms with Gasteiger partial charge >= 0.3 is 0 Å². The highest BCUT2D eigenvalue weighted by molar-refractivity contribution is 9.10. The van der Waals surface area contributed by atoms with E-state index in [0.717, 1.165) is 28.7 Å². The average Bonchev–Trinajstić information content (AvgIpc) is 2.95. The van der Waals surface area contributed by atoms with Crippen LogP contribution in [0, 0.1) is 5.92 Å². The van der Waals surface area contributed by atoms with Crippen LogP contribution in [0.4, 0.5) is 11.4 Å². The summed E-state index contributed by atoms with van der Waals surface area (Å²) in [5, 5.41) is 1.27. The number of hydrazine groups is 1. The second-order valence-electron chi connectivity index (χ2n) is 7.31. The quantitative estimate of drug-likeness (QED) is 0.533. The number of rotatable bonds is 6. The van der Waals surface area contributed by atoms with E-state index in [1.165, 1.54) is 5.01 Å². The van der Waals surface area contributed by atoms with Crippen molar-refractivity contribution in [2.75, 3.05) is 23.5 Å². The molecule has 3 rings (SSSR count). The number of anilines is 2. The lowest BCUT2D eigenvalue weighted by molar-refractivity contribution is -0.117. The second kappa shape index (κ2) is 8.61. The third-order valence-electron chi connectivity index (χ3n) is 4.66. The van der Waals surface area contributed by atoms with E-state index in [9.17, 15) is 9.59 Å². The Morgan fingerprint density at radius 2 is 1.71 bits per heavy atom. The van der Waals surface area contributed by atoms with Gasteiger partial charge < -0.3 is 4.90 Å². The number of hydrogen-bond acceptors (Lipinski definition) is 3. The summed E-state index contributed by atoms with van der Waals surface area (Å²) in [5.41, 5.74) is 5.30. The lowest BCUT2D eigenvalue weighted by Gasteiger charge is -2.20. The highest BCUT2D eigenvalue weighted by atomic mass is 79.9. The van der Waals surface area contributed by atoms with E-state index in [4.69, 9.17) is 0 Å². The molecule has 1 aliphatic heterocycles. The number of amides is 2. The smallest absolute Gasteiger partial charge is 0.282 e. The average molecular weight is 442 g/mol. The van der Waals surface area contributed by atoms with Gasteiger partial charge in [0.15, 0.2) is 0 Å². The van der Waals surface area contributed by atoms with Gasteiger partial charge in [-0.15, -0.1) is 0 Å². The number of carbonyl (C=O) groups is 2. The standard InChI is InChI=1S/C22H24BrN3O2/c1-15(2)12-13-25(3)18-8-4-16(5-9-18)14-20-21(27)24-26(22(20)28)19-10-6-17(23)7-11-19/h4-11,14-15H,12-13H2,1-3H3,(H,24,27)/b20-14+. The number of carbonyl (C=O) groups excluding carboxylic acids is 2. The number of nitrogens with zero attached hydrogens (tertiary/aromatic N) is 2. The highest BCUT2D eigenvalue weighted by Gasteiger charge is 2.34. The third kappa shape index (κ3) is 4.62. The SMILES string of the molecule is CC(C)CCN(C)c1ccc(/C=C2\C(=O)NN(c3ccc(Br)cc3)C2=O)cc1. The van der Waals surface area contributed by atoms with Gasteiger partial charge in [-0.3, -0.25) is 15.0 Å². The number of halogens is 1. The van der Waals surface area contributed by atoms with Crippen LogP contribution in [0.3, 0.4) is 0 Å². The van der Waals surface area contributed by atoms with Crippen molar-refractivity contribution in [3.63, 3.8) is 0 Å². The van der Waals surface area contributed by atoms with Crippen LogP contribution in [0.25, 0.3) is 6.08 Å². The van der Waals surface area contributed by atoms with E-state index < -0.39 is 5.91 Å². The van der Waals surface area contributed by atoms with Gasteiger partial charge in [-0.05, 0) is 60.4 Å². The number of nitrogens with one attached hydrogen (secondary N) is 1. The van der Waals surface area contributed by atoms with E-state index in [2.05, 4.69) is 47.2 Å². The van der Waals surface area contributed by atoms with Crippen LogP contribution >= 0.6 is 15.9 Å². The first-order valence-electron chi connectivity index (χ1n) is 9.29. The van der Waals surface area contributed by atoms with Crippen LogP contribution in [-0.2, 0) is 9.59 Å². The van der Waals surface area contributed by atoms with Crippen LogP contribution in [0.1, 0.15) is 25.8 Å². The molecule has 2 aromatic rings. The van der Waals surface area contributed by atoms with Crippen LogP contribution in [0.2, 0.25) is 0 Å². The minimum Gasteiger partial charge on any atom is -0.375 e. The second-order valence-corrected chi connectivity index (χ2v) is 8.23. The molecule has 2 aromatic carbocycles. The molecule has 0 unspecified atom stereocenters. The van der Waals surface area contributed by atoms with Gasteiger partial charge in [0.05, 0.1) is 5.69 Å². The molecule has 0 spiro atoms. The summed E-state index contributed by atoms with van der Waals surface area (Å²) in [6, 6.07) is 15.1. The molecule has 28 heavy (non-hydrogen) atoms. The summed E-state index contributed by atoms with van der Waals surface area (Å²) in [4.78, 5) is 27.2.